The number of nitrogens with zero attached hydrogens (tertiary/aromatic N) is 1. The second-order valence-corrected chi connectivity index (χ2v) is 7.22. The van der Waals surface area contributed by atoms with Crippen molar-refractivity contribution in [3.05, 3.63) is 0 Å². The Morgan fingerprint density at radius 2 is 2.19 bits per heavy atom. The Labute approximate surface area is 125 Å². The van der Waals surface area contributed by atoms with Crippen LogP contribution < -0.4 is 10.6 Å². The van der Waals surface area contributed by atoms with Crippen LogP contribution in [0.3, 0.4) is 0 Å². The Morgan fingerprint density at radius 3 is 2.76 bits per heavy atom. The van der Waals surface area contributed by atoms with E-state index in [4.69, 9.17) is 0 Å². The van der Waals surface area contributed by atoms with E-state index in [-0.39, 0.29) is 11.4 Å². The summed E-state index contributed by atoms with van der Waals surface area (Å²) in [5.74, 6) is -2.41. The summed E-state index contributed by atoms with van der Waals surface area (Å²) in [5, 5.41) is 5.43. The summed E-state index contributed by atoms with van der Waals surface area (Å²) in [4.78, 5) is 14.4. The minimum Gasteiger partial charge on any atom is -0.353 e. The lowest BCUT2D eigenvalue weighted by Gasteiger charge is -2.43. The number of nitrogens with one attached hydrogen (secondary N) is 2. The average Bonchev–Trinajstić information content (AvgIpc) is 2.76. The minimum absolute atomic E-state index is 0.147. The number of carbonyl (C=O) groups is 1. The van der Waals surface area contributed by atoms with Gasteiger partial charge >= 0.3 is 0 Å². The first-order valence-electron chi connectivity index (χ1n) is 7.84. The maximum Gasteiger partial charge on any atom is 0.262 e. The molecule has 0 bridgehead atoms. The van der Waals surface area contributed by atoms with Gasteiger partial charge < -0.3 is 5.32 Å². The number of alkyl halides is 2. The van der Waals surface area contributed by atoms with Crippen molar-refractivity contribution in [2.24, 2.45) is 5.92 Å². The standard InChI is InChI=1S/C15H27F2N3O/c1-11-5-4-6-20(8-11)14(2,3)9-19-13(21)12-7-15(16,17)10-18-12/h11-12,18H,4-10H2,1-3H3,(H,19,21). The molecule has 2 aliphatic rings. The highest BCUT2D eigenvalue weighted by molar-refractivity contribution is 5.82. The highest BCUT2D eigenvalue weighted by Crippen LogP contribution is 2.26. The van der Waals surface area contributed by atoms with Crippen molar-refractivity contribution < 1.29 is 13.6 Å². The molecule has 2 atom stereocenters. The summed E-state index contributed by atoms with van der Waals surface area (Å²) in [6.07, 6.45) is 2.02. The van der Waals surface area contributed by atoms with Gasteiger partial charge in [0, 0.05) is 25.0 Å². The van der Waals surface area contributed by atoms with Crippen LogP contribution in [0.15, 0.2) is 0 Å². The van der Waals surface area contributed by atoms with Crippen molar-refractivity contribution in [2.45, 2.75) is 57.5 Å². The third kappa shape index (κ3) is 4.36. The molecule has 0 radical (unpaired) electrons. The Kier molecular flexibility index (Phi) is 4.88. The lowest BCUT2D eigenvalue weighted by atomic mass is 9.93. The molecule has 6 heteroatoms. The summed E-state index contributed by atoms with van der Waals surface area (Å²) in [6.45, 7) is 8.59. The Hall–Kier alpha value is -0.750. The van der Waals surface area contributed by atoms with E-state index in [1.807, 2.05) is 0 Å². The molecular formula is C15H27F2N3O. The van der Waals surface area contributed by atoms with Crippen LogP contribution in [0.2, 0.25) is 0 Å². The zero-order valence-electron chi connectivity index (χ0n) is 13.2. The van der Waals surface area contributed by atoms with Gasteiger partial charge in [0.1, 0.15) is 0 Å². The SMILES string of the molecule is CC1CCCN(C(C)(C)CNC(=O)C2CC(F)(F)CN2)C1. The van der Waals surface area contributed by atoms with Gasteiger partial charge in [0.25, 0.3) is 5.92 Å². The van der Waals surface area contributed by atoms with E-state index in [1.54, 1.807) is 0 Å². The fourth-order valence-corrected chi connectivity index (χ4v) is 3.18. The predicted molar refractivity (Wildman–Crippen MR) is 78.4 cm³/mol. The second kappa shape index (κ2) is 6.16. The van der Waals surface area contributed by atoms with Crippen LogP contribution in [0, 0.1) is 5.92 Å². The molecule has 2 unspecified atom stereocenters. The Balaban J connectivity index is 1.82. The molecule has 0 aliphatic carbocycles. The van der Waals surface area contributed by atoms with Crippen LogP contribution in [0.5, 0.6) is 0 Å². The summed E-state index contributed by atoms with van der Waals surface area (Å²) < 4.78 is 26.2. The molecule has 2 rings (SSSR count). The zero-order chi connectivity index (χ0) is 15.7. The highest BCUT2D eigenvalue weighted by atomic mass is 19.3. The van der Waals surface area contributed by atoms with E-state index in [0.29, 0.717) is 12.5 Å². The fraction of sp³-hybridized carbons (Fsp3) is 0.933. The molecule has 2 heterocycles. The number of hydrogen-bond donors (Lipinski definition) is 2. The smallest absolute Gasteiger partial charge is 0.262 e. The van der Waals surface area contributed by atoms with Gasteiger partial charge in [-0.25, -0.2) is 8.78 Å². The van der Waals surface area contributed by atoms with Gasteiger partial charge in [-0.05, 0) is 39.2 Å². The van der Waals surface area contributed by atoms with Crippen molar-refractivity contribution in [1.82, 2.24) is 15.5 Å². The van der Waals surface area contributed by atoms with Crippen LogP contribution in [0.4, 0.5) is 8.78 Å². The summed E-state index contributed by atoms with van der Waals surface area (Å²) in [5.41, 5.74) is -0.147. The van der Waals surface area contributed by atoms with E-state index < -0.39 is 24.9 Å². The third-order valence-corrected chi connectivity index (χ3v) is 4.63. The van der Waals surface area contributed by atoms with Crippen LogP contribution in [0.1, 0.15) is 40.0 Å². The molecule has 21 heavy (non-hydrogen) atoms. The van der Waals surface area contributed by atoms with Crippen LogP contribution in [0.25, 0.3) is 0 Å². The number of rotatable bonds is 4. The fourth-order valence-electron chi connectivity index (χ4n) is 3.18. The van der Waals surface area contributed by atoms with E-state index in [1.165, 1.54) is 12.8 Å². The number of piperidine rings is 1. The van der Waals surface area contributed by atoms with Crippen LogP contribution in [-0.4, -0.2) is 54.5 Å². The van der Waals surface area contributed by atoms with Crippen molar-refractivity contribution in [3.8, 4) is 0 Å². The molecule has 4 nitrogen and oxygen atoms in total. The summed E-state index contributed by atoms with van der Waals surface area (Å²) >= 11 is 0. The molecule has 0 aromatic carbocycles. The quantitative estimate of drug-likeness (QED) is 0.829. The topological polar surface area (TPSA) is 44.4 Å². The number of hydrogen-bond acceptors (Lipinski definition) is 3. The summed E-state index contributed by atoms with van der Waals surface area (Å²) in [7, 11) is 0. The van der Waals surface area contributed by atoms with E-state index in [2.05, 4.69) is 36.3 Å². The van der Waals surface area contributed by atoms with E-state index >= 15 is 0 Å². The first-order valence-corrected chi connectivity index (χ1v) is 7.84. The molecule has 2 fully saturated rings. The maximum absolute atomic E-state index is 13.1. The third-order valence-electron chi connectivity index (χ3n) is 4.63. The van der Waals surface area contributed by atoms with Gasteiger partial charge in [0.2, 0.25) is 5.91 Å². The molecule has 0 aromatic rings. The first-order chi connectivity index (χ1) is 9.70. The van der Waals surface area contributed by atoms with Crippen molar-refractivity contribution in [2.75, 3.05) is 26.2 Å². The molecule has 0 saturated carbocycles. The second-order valence-electron chi connectivity index (χ2n) is 7.22. The van der Waals surface area contributed by atoms with Gasteiger partial charge in [-0.1, -0.05) is 6.92 Å². The molecule has 1 amide bonds. The highest BCUT2D eigenvalue weighted by Gasteiger charge is 2.42. The van der Waals surface area contributed by atoms with E-state index in [9.17, 15) is 13.6 Å². The van der Waals surface area contributed by atoms with Crippen molar-refractivity contribution >= 4 is 5.91 Å². The summed E-state index contributed by atoms with van der Waals surface area (Å²) in [6, 6.07) is -0.768. The number of likely N-dealkylation sites (tertiary alicyclic amines) is 1. The first kappa shape index (κ1) is 16.6. The number of amides is 1. The zero-order valence-corrected chi connectivity index (χ0v) is 13.2. The monoisotopic (exact) mass is 303 g/mol. The minimum atomic E-state index is -2.76. The molecule has 2 aliphatic heterocycles. The van der Waals surface area contributed by atoms with Gasteiger partial charge in [-0.2, -0.15) is 0 Å². The lowest BCUT2D eigenvalue weighted by Crippen LogP contribution is -2.56. The maximum atomic E-state index is 13.1. The van der Waals surface area contributed by atoms with Gasteiger partial charge in [-0.3, -0.25) is 15.0 Å². The molecular weight excluding hydrogens is 276 g/mol. The van der Waals surface area contributed by atoms with Crippen LogP contribution in [-0.2, 0) is 4.79 Å². The number of halogens is 2. The largest absolute Gasteiger partial charge is 0.353 e. The lowest BCUT2D eigenvalue weighted by molar-refractivity contribution is -0.124. The van der Waals surface area contributed by atoms with Gasteiger partial charge in [0.05, 0.1) is 12.6 Å². The van der Waals surface area contributed by atoms with Gasteiger partial charge in [-0.15, -0.1) is 0 Å². The van der Waals surface area contributed by atoms with Crippen molar-refractivity contribution in [1.29, 1.82) is 0 Å². The molecule has 0 aromatic heterocycles. The number of carbonyl (C=O) groups excluding carboxylic acids is 1. The Bertz CT molecular complexity index is 387. The molecule has 2 N–H and O–H groups in total. The van der Waals surface area contributed by atoms with E-state index in [0.717, 1.165) is 13.1 Å². The molecule has 122 valence electrons. The Morgan fingerprint density at radius 1 is 1.48 bits per heavy atom. The van der Waals surface area contributed by atoms with Gasteiger partial charge in [0.15, 0.2) is 0 Å². The molecule has 2 saturated heterocycles. The van der Waals surface area contributed by atoms with Crippen LogP contribution >= 0.6 is 0 Å². The van der Waals surface area contributed by atoms with Crippen molar-refractivity contribution in [3.63, 3.8) is 0 Å². The molecule has 0 spiro atoms. The average molecular weight is 303 g/mol. The normalized spacial score (nSPS) is 30.3. The predicted octanol–water partition coefficient (Wildman–Crippen LogP) is 1.61.